The van der Waals surface area contributed by atoms with E-state index in [-0.39, 0.29) is 23.1 Å². The molecule has 0 amide bonds. The van der Waals surface area contributed by atoms with E-state index in [4.69, 9.17) is 10.5 Å². The summed E-state index contributed by atoms with van der Waals surface area (Å²) in [6.45, 7) is 4.39. The summed E-state index contributed by atoms with van der Waals surface area (Å²) in [4.78, 5) is 15.7. The summed E-state index contributed by atoms with van der Waals surface area (Å²) in [5.74, 6) is 0.0344. The second-order valence-electron chi connectivity index (χ2n) is 4.07. The van der Waals surface area contributed by atoms with Crippen molar-refractivity contribution in [1.82, 2.24) is 4.98 Å². The Balaban J connectivity index is 2.78. The van der Waals surface area contributed by atoms with Crippen LogP contribution in [0.1, 0.15) is 24.2 Å². The Hall–Kier alpha value is -1.63. The maximum absolute atomic E-state index is 11.7. The van der Waals surface area contributed by atoms with Gasteiger partial charge in [0.25, 0.3) is 0 Å². The summed E-state index contributed by atoms with van der Waals surface area (Å²) >= 11 is 0. The molecule has 0 aromatic carbocycles. The van der Waals surface area contributed by atoms with Gasteiger partial charge < -0.3 is 15.8 Å². The number of esters is 1. The number of rotatable bonds is 6. The first-order valence-corrected chi connectivity index (χ1v) is 7.56. The molecule has 1 heterocycles. The minimum atomic E-state index is -0.912. The normalized spacial score (nSPS) is 13.6. The van der Waals surface area contributed by atoms with Crippen LogP contribution < -0.4 is 11.1 Å². The highest BCUT2D eigenvalue weighted by Gasteiger charge is 2.13. The van der Waals surface area contributed by atoms with Gasteiger partial charge in [-0.2, -0.15) is 0 Å². The van der Waals surface area contributed by atoms with E-state index >= 15 is 0 Å². The van der Waals surface area contributed by atoms with Crippen LogP contribution in [0.25, 0.3) is 0 Å². The standard InChI is InChI=1S/C12H19N3O3S/c1-4-18-12(16)9-5-11(15-7-10(9)13)14-6-8(2)19(3)17/h5,7-8H,4,6,13H2,1-3H3,(H,14,15). The van der Waals surface area contributed by atoms with Crippen molar-refractivity contribution in [2.24, 2.45) is 0 Å². The van der Waals surface area contributed by atoms with Gasteiger partial charge in [0.15, 0.2) is 0 Å². The number of carbonyl (C=O) groups is 1. The van der Waals surface area contributed by atoms with Crippen molar-refractivity contribution < 1.29 is 13.7 Å². The van der Waals surface area contributed by atoms with Gasteiger partial charge in [-0.3, -0.25) is 4.21 Å². The third kappa shape index (κ3) is 4.51. The molecule has 7 heteroatoms. The van der Waals surface area contributed by atoms with Crippen LogP contribution in [-0.2, 0) is 15.5 Å². The summed E-state index contributed by atoms with van der Waals surface area (Å²) in [6, 6.07) is 1.54. The molecule has 3 N–H and O–H groups in total. The average molecular weight is 285 g/mol. The number of hydrogen-bond acceptors (Lipinski definition) is 6. The minimum absolute atomic E-state index is 0.00889. The number of aromatic nitrogens is 1. The molecular formula is C12H19N3O3S. The molecule has 0 spiro atoms. The monoisotopic (exact) mass is 285 g/mol. The fourth-order valence-electron chi connectivity index (χ4n) is 1.31. The number of nitrogens with one attached hydrogen (secondary N) is 1. The van der Waals surface area contributed by atoms with Gasteiger partial charge in [0.1, 0.15) is 5.82 Å². The molecule has 106 valence electrons. The van der Waals surface area contributed by atoms with E-state index < -0.39 is 16.8 Å². The Labute approximate surface area is 115 Å². The number of hydrogen-bond donors (Lipinski definition) is 2. The lowest BCUT2D eigenvalue weighted by Crippen LogP contribution is -2.21. The van der Waals surface area contributed by atoms with E-state index in [1.807, 2.05) is 6.92 Å². The Bertz CT molecular complexity index is 479. The molecule has 0 fully saturated rings. The summed E-state index contributed by atoms with van der Waals surface area (Å²) in [7, 11) is -0.912. The Morgan fingerprint density at radius 3 is 2.89 bits per heavy atom. The second kappa shape index (κ2) is 7.08. The molecule has 6 nitrogen and oxygen atoms in total. The predicted octanol–water partition coefficient (Wildman–Crippen LogP) is 1.02. The van der Waals surface area contributed by atoms with E-state index in [2.05, 4.69) is 10.3 Å². The molecule has 0 aliphatic carbocycles. The lowest BCUT2D eigenvalue weighted by Gasteiger charge is -2.12. The summed E-state index contributed by atoms with van der Waals surface area (Å²) in [5, 5.41) is 3.01. The van der Waals surface area contributed by atoms with Crippen molar-refractivity contribution in [2.45, 2.75) is 19.1 Å². The summed E-state index contributed by atoms with van der Waals surface area (Å²) in [5.41, 5.74) is 6.24. The summed E-state index contributed by atoms with van der Waals surface area (Å²) < 4.78 is 16.1. The largest absolute Gasteiger partial charge is 0.462 e. The molecule has 1 aromatic heterocycles. The lowest BCUT2D eigenvalue weighted by molar-refractivity contribution is 0.0527. The Morgan fingerprint density at radius 2 is 2.32 bits per heavy atom. The lowest BCUT2D eigenvalue weighted by atomic mass is 10.2. The fourth-order valence-corrected chi connectivity index (χ4v) is 1.63. The molecule has 1 rings (SSSR count). The van der Waals surface area contributed by atoms with Gasteiger partial charge in [0.05, 0.1) is 24.1 Å². The van der Waals surface area contributed by atoms with Crippen LogP contribution in [0.3, 0.4) is 0 Å². The number of nitrogens with two attached hydrogens (primary N) is 1. The number of nitrogen functional groups attached to an aromatic ring is 1. The highest BCUT2D eigenvalue weighted by molar-refractivity contribution is 7.84. The van der Waals surface area contributed by atoms with Gasteiger partial charge in [0.2, 0.25) is 0 Å². The third-order valence-electron chi connectivity index (χ3n) is 2.57. The zero-order valence-electron chi connectivity index (χ0n) is 11.3. The van der Waals surface area contributed by atoms with Crippen LogP contribution in [0.15, 0.2) is 12.3 Å². The van der Waals surface area contributed by atoms with Crippen molar-refractivity contribution in [1.29, 1.82) is 0 Å². The second-order valence-corrected chi connectivity index (χ2v) is 5.87. The van der Waals surface area contributed by atoms with Crippen molar-refractivity contribution in [3.63, 3.8) is 0 Å². The molecule has 1 aromatic rings. The molecule has 0 bridgehead atoms. The Morgan fingerprint density at radius 1 is 1.63 bits per heavy atom. The fraction of sp³-hybridized carbons (Fsp3) is 0.500. The van der Waals surface area contributed by atoms with Crippen LogP contribution in [0, 0.1) is 0 Å². The van der Waals surface area contributed by atoms with Crippen LogP contribution in [0.4, 0.5) is 11.5 Å². The number of ether oxygens (including phenoxy) is 1. The maximum Gasteiger partial charge on any atom is 0.340 e. The predicted molar refractivity (Wildman–Crippen MR) is 76.6 cm³/mol. The molecule has 0 saturated heterocycles. The smallest absolute Gasteiger partial charge is 0.340 e. The van der Waals surface area contributed by atoms with E-state index in [9.17, 15) is 9.00 Å². The first-order chi connectivity index (χ1) is 8.95. The van der Waals surface area contributed by atoms with Crippen LogP contribution in [0.5, 0.6) is 0 Å². The van der Waals surface area contributed by atoms with Crippen molar-refractivity contribution >= 4 is 28.3 Å². The highest BCUT2D eigenvalue weighted by atomic mass is 32.2. The molecular weight excluding hydrogens is 266 g/mol. The first kappa shape index (κ1) is 15.4. The third-order valence-corrected chi connectivity index (χ3v) is 3.87. The van der Waals surface area contributed by atoms with Gasteiger partial charge in [0, 0.05) is 28.9 Å². The van der Waals surface area contributed by atoms with Crippen molar-refractivity contribution in [2.75, 3.05) is 30.5 Å². The van der Waals surface area contributed by atoms with Gasteiger partial charge in [-0.1, -0.05) is 0 Å². The molecule has 0 aliphatic rings. The highest BCUT2D eigenvalue weighted by Crippen LogP contribution is 2.16. The number of carbonyl (C=O) groups excluding carboxylic acids is 1. The number of anilines is 2. The zero-order valence-corrected chi connectivity index (χ0v) is 12.1. The molecule has 19 heavy (non-hydrogen) atoms. The van der Waals surface area contributed by atoms with E-state index in [0.717, 1.165) is 0 Å². The van der Waals surface area contributed by atoms with E-state index in [1.54, 1.807) is 19.2 Å². The maximum atomic E-state index is 11.7. The van der Waals surface area contributed by atoms with E-state index in [1.165, 1.54) is 6.20 Å². The first-order valence-electron chi connectivity index (χ1n) is 5.94. The molecule has 0 saturated carbocycles. The zero-order chi connectivity index (χ0) is 14.4. The molecule has 0 radical (unpaired) electrons. The van der Waals surface area contributed by atoms with Crippen LogP contribution >= 0.6 is 0 Å². The molecule has 2 atom stereocenters. The van der Waals surface area contributed by atoms with Gasteiger partial charge >= 0.3 is 5.97 Å². The number of pyridine rings is 1. The topological polar surface area (TPSA) is 94.3 Å². The van der Waals surface area contributed by atoms with Gasteiger partial charge in [-0.15, -0.1) is 0 Å². The van der Waals surface area contributed by atoms with E-state index in [0.29, 0.717) is 12.4 Å². The van der Waals surface area contributed by atoms with Crippen LogP contribution in [0.2, 0.25) is 0 Å². The van der Waals surface area contributed by atoms with Crippen molar-refractivity contribution in [3.05, 3.63) is 17.8 Å². The average Bonchev–Trinajstić information content (AvgIpc) is 2.37. The quantitative estimate of drug-likeness (QED) is 0.758. The Kier molecular flexibility index (Phi) is 5.75. The van der Waals surface area contributed by atoms with Crippen LogP contribution in [-0.4, -0.2) is 39.8 Å². The molecule has 2 unspecified atom stereocenters. The van der Waals surface area contributed by atoms with Gasteiger partial charge in [-0.25, -0.2) is 9.78 Å². The SMILES string of the molecule is CCOC(=O)c1cc(NCC(C)S(C)=O)ncc1N. The molecule has 0 aliphatic heterocycles. The summed E-state index contributed by atoms with van der Waals surface area (Å²) in [6.07, 6.45) is 3.05. The van der Waals surface area contributed by atoms with Crippen molar-refractivity contribution in [3.8, 4) is 0 Å². The van der Waals surface area contributed by atoms with Gasteiger partial charge in [-0.05, 0) is 19.9 Å². The minimum Gasteiger partial charge on any atom is -0.462 e. The number of nitrogens with zero attached hydrogens (tertiary/aromatic N) is 1.